The molecule has 0 bridgehead atoms. The molecule has 7 nitrogen and oxygen atoms in total. The van der Waals surface area contributed by atoms with Crippen LogP contribution >= 0.6 is 0 Å². The van der Waals surface area contributed by atoms with E-state index in [-0.39, 0.29) is 23.5 Å². The van der Waals surface area contributed by atoms with Crippen molar-refractivity contribution in [3.63, 3.8) is 0 Å². The molecule has 3 aliphatic rings. The second kappa shape index (κ2) is 7.84. The van der Waals surface area contributed by atoms with Crippen molar-refractivity contribution in [2.24, 2.45) is 5.92 Å². The van der Waals surface area contributed by atoms with Crippen LogP contribution in [0.4, 0.5) is 5.82 Å². The molecule has 29 heavy (non-hydrogen) atoms. The molecule has 1 aromatic rings. The predicted molar refractivity (Wildman–Crippen MR) is 111 cm³/mol. The summed E-state index contributed by atoms with van der Waals surface area (Å²) in [6, 6.07) is -0.342. The molecule has 1 aliphatic carbocycles. The van der Waals surface area contributed by atoms with E-state index in [2.05, 4.69) is 27.1 Å². The number of aliphatic hydroxyl groups is 1. The van der Waals surface area contributed by atoms with Gasteiger partial charge in [-0.3, -0.25) is 4.79 Å². The first-order chi connectivity index (χ1) is 13.8. The Morgan fingerprint density at radius 3 is 2.59 bits per heavy atom. The lowest BCUT2D eigenvalue weighted by molar-refractivity contribution is -0.181. The van der Waals surface area contributed by atoms with Gasteiger partial charge in [-0.15, -0.1) is 0 Å². The normalized spacial score (nSPS) is 29.9. The maximum absolute atomic E-state index is 12.5. The summed E-state index contributed by atoms with van der Waals surface area (Å²) in [7, 11) is 0. The van der Waals surface area contributed by atoms with E-state index in [0.717, 1.165) is 68.7 Å². The zero-order valence-electron chi connectivity index (χ0n) is 17.9. The summed E-state index contributed by atoms with van der Waals surface area (Å²) in [4.78, 5) is 23.6. The van der Waals surface area contributed by atoms with Crippen molar-refractivity contribution < 1.29 is 14.6 Å². The van der Waals surface area contributed by atoms with E-state index in [4.69, 9.17) is 4.74 Å². The first-order valence-corrected chi connectivity index (χ1v) is 11.0. The lowest BCUT2D eigenvalue weighted by atomic mass is 9.75. The molecule has 1 saturated carbocycles. The van der Waals surface area contributed by atoms with Crippen LogP contribution in [0.25, 0.3) is 0 Å². The maximum atomic E-state index is 12.5. The van der Waals surface area contributed by atoms with E-state index in [1.165, 1.54) is 0 Å². The average Bonchev–Trinajstić information content (AvgIpc) is 3.22. The number of nitrogens with one attached hydrogen (secondary N) is 1. The highest BCUT2D eigenvalue weighted by Crippen LogP contribution is 2.41. The van der Waals surface area contributed by atoms with E-state index >= 15 is 0 Å². The van der Waals surface area contributed by atoms with E-state index in [9.17, 15) is 9.90 Å². The summed E-state index contributed by atoms with van der Waals surface area (Å²) in [6.45, 7) is 7.97. The Hall–Kier alpha value is -1.73. The van der Waals surface area contributed by atoms with Crippen molar-refractivity contribution >= 4 is 11.7 Å². The fourth-order valence-corrected chi connectivity index (χ4v) is 5.23. The highest BCUT2D eigenvalue weighted by atomic mass is 16.5. The summed E-state index contributed by atoms with van der Waals surface area (Å²) in [5, 5.41) is 14.3. The Kier molecular flexibility index (Phi) is 5.55. The summed E-state index contributed by atoms with van der Waals surface area (Å²) in [5.41, 5.74) is 0.836. The summed E-state index contributed by atoms with van der Waals surface area (Å²) in [5.74, 6) is 1.18. The molecule has 1 aromatic heterocycles. The minimum atomic E-state index is -0.962. The average molecular weight is 403 g/mol. The third kappa shape index (κ3) is 4.12. The number of carbonyl (C=O) groups is 1. The lowest BCUT2D eigenvalue weighted by Crippen LogP contribution is -2.64. The number of hydrogen-bond acceptors (Lipinski definition) is 6. The number of aryl methyl sites for hydroxylation is 1. The van der Waals surface area contributed by atoms with Crippen LogP contribution in [0.1, 0.15) is 63.1 Å². The van der Waals surface area contributed by atoms with E-state index in [1.54, 1.807) is 6.33 Å². The molecule has 4 rings (SSSR count). The molecule has 0 aromatic carbocycles. The van der Waals surface area contributed by atoms with Gasteiger partial charge in [-0.1, -0.05) is 12.8 Å². The van der Waals surface area contributed by atoms with Crippen molar-refractivity contribution in [3.8, 4) is 0 Å². The molecule has 2 atom stereocenters. The molecule has 1 amide bonds. The number of piperidine rings is 1. The van der Waals surface area contributed by atoms with Gasteiger partial charge in [0.15, 0.2) is 0 Å². The van der Waals surface area contributed by atoms with Crippen LogP contribution < -0.4 is 10.2 Å². The van der Waals surface area contributed by atoms with Crippen LogP contribution in [0.5, 0.6) is 0 Å². The number of rotatable bonds is 3. The monoisotopic (exact) mass is 402 g/mol. The summed E-state index contributed by atoms with van der Waals surface area (Å²) in [6.07, 6.45) is 8.03. The Balaban J connectivity index is 1.37. The minimum Gasteiger partial charge on any atom is -0.388 e. The molecule has 160 valence electrons. The number of hydrogen-bond donors (Lipinski definition) is 2. The van der Waals surface area contributed by atoms with Crippen LogP contribution in [-0.2, 0) is 9.53 Å². The van der Waals surface area contributed by atoms with Gasteiger partial charge in [0, 0.05) is 36.7 Å². The number of nitrogens with zero attached hydrogens (tertiary/aromatic N) is 3. The van der Waals surface area contributed by atoms with E-state index < -0.39 is 5.60 Å². The van der Waals surface area contributed by atoms with Gasteiger partial charge in [0.25, 0.3) is 0 Å². The van der Waals surface area contributed by atoms with Crippen LogP contribution in [0.2, 0.25) is 0 Å². The van der Waals surface area contributed by atoms with Crippen molar-refractivity contribution in [3.05, 3.63) is 17.6 Å². The van der Waals surface area contributed by atoms with Gasteiger partial charge >= 0.3 is 0 Å². The lowest BCUT2D eigenvalue weighted by Gasteiger charge is -2.51. The molecule has 0 radical (unpaired) electrons. The molecule has 2 aliphatic heterocycles. The Bertz CT molecular complexity index is 752. The van der Waals surface area contributed by atoms with Gasteiger partial charge in [-0.25, -0.2) is 9.97 Å². The van der Waals surface area contributed by atoms with Crippen molar-refractivity contribution in [2.75, 3.05) is 24.6 Å². The van der Waals surface area contributed by atoms with Gasteiger partial charge in [0.1, 0.15) is 12.1 Å². The molecular weight excluding hydrogens is 368 g/mol. The third-order valence-corrected chi connectivity index (χ3v) is 7.31. The maximum Gasteiger partial charge on any atom is 0.223 e. The van der Waals surface area contributed by atoms with Crippen LogP contribution in [0, 0.1) is 19.8 Å². The largest absolute Gasteiger partial charge is 0.388 e. The second-order valence-electron chi connectivity index (χ2n) is 9.47. The number of aromatic nitrogens is 2. The molecule has 3 heterocycles. The molecular formula is C22H34N4O3. The standard InChI is InChI=1S/C22H34N4O3/c1-15-16(2)23-14-24-19(15)26-10-8-22(9-11-26)13-21(3,28)18(12-29-22)25-20(27)17-6-4-5-7-17/h14,17-18,28H,4-13H2,1-3H3,(H,25,27)/t18-,21-/m0/s1. The Morgan fingerprint density at radius 2 is 1.93 bits per heavy atom. The van der Waals surface area contributed by atoms with Gasteiger partial charge in [-0.2, -0.15) is 0 Å². The Labute approximate surface area is 173 Å². The zero-order chi connectivity index (χ0) is 20.6. The summed E-state index contributed by atoms with van der Waals surface area (Å²) < 4.78 is 6.32. The molecule has 1 spiro atoms. The smallest absolute Gasteiger partial charge is 0.223 e. The third-order valence-electron chi connectivity index (χ3n) is 7.31. The van der Waals surface area contributed by atoms with E-state index in [1.807, 2.05) is 13.8 Å². The Morgan fingerprint density at radius 1 is 1.24 bits per heavy atom. The zero-order valence-corrected chi connectivity index (χ0v) is 17.9. The number of amides is 1. The molecule has 7 heteroatoms. The predicted octanol–water partition coefficient (Wildman–Crippen LogP) is 2.28. The fraction of sp³-hybridized carbons (Fsp3) is 0.773. The highest BCUT2D eigenvalue weighted by molar-refractivity contribution is 5.79. The fourth-order valence-electron chi connectivity index (χ4n) is 5.23. The van der Waals surface area contributed by atoms with Gasteiger partial charge in [-0.05, 0) is 46.5 Å². The first-order valence-electron chi connectivity index (χ1n) is 11.0. The van der Waals surface area contributed by atoms with Crippen LogP contribution in [-0.4, -0.2) is 57.9 Å². The van der Waals surface area contributed by atoms with Crippen molar-refractivity contribution in [1.82, 2.24) is 15.3 Å². The highest BCUT2D eigenvalue weighted by Gasteiger charge is 2.50. The van der Waals surface area contributed by atoms with Crippen molar-refractivity contribution in [2.45, 2.75) is 83.0 Å². The topological polar surface area (TPSA) is 87.6 Å². The van der Waals surface area contributed by atoms with Gasteiger partial charge in [0.05, 0.1) is 23.9 Å². The van der Waals surface area contributed by atoms with Crippen molar-refractivity contribution in [1.29, 1.82) is 0 Å². The van der Waals surface area contributed by atoms with Gasteiger partial charge < -0.3 is 20.1 Å². The SMILES string of the molecule is Cc1ncnc(N2CCC3(CC2)C[C@](C)(O)[C@@H](NC(=O)C2CCCC2)CO3)c1C. The first kappa shape index (κ1) is 20.5. The quantitative estimate of drug-likeness (QED) is 0.807. The number of ether oxygens (including phenoxy) is 1. The van der Waals surface area contributed by atoms with Crippen LogP contribution in [0.15, 0.2) is 6.33 Å². The number of anilines is 1. The van der Waals surface area contributed by atoms with E-state index in [0.29, 0.717) is 13.0 Å². The molecule has 3 fully saturated rings. The molecule has 2 saturated heterocycles. The molecule has 0 unspecified atom stereocenters. The number of carbonyl (C=O) groups excluding carboxylic acids is 1. The van der Waals surface area contributed by atoms with Gasteiger partial charge in [0.2, 0.25) is 5.91 Å². The minimum absolute atomic E-state index is 0.0803. The second-order valence-corrected chi connectivity index (χ2v) is 9.47. The van der Waals surface area contributed by atoms with Crippen LogP contribution in [0.3, 0.4) is 0 Å². The molecule has 2 N–H and O–H groups in total. The summed E-state index contributed by atoms with van der Waals surface area (Å²) >= 11 is 0.